The van der Waals surface area contributed by atoms with Crippen molar-refractivity contribution in [3.8, 4) is 5.75 Å². The van der Waals surface area contributed by atoms with E-state index in [0.29, 0.717) is 18.1 Å². The molecule has 0 bridgehead atoms. The van der Waals surface area contributed by atoms with Crippen LogP contribution in [0.2, 0.25) is 0 Å². The molecule has 0 aliphatic carbocycles. The molecule has 0 spiro atoms. The Hall–Kier alpha value is -3.62. The normalized spacial score (nSPS) is 10.0. The zero-order valence-corrected chi connectivity index (χ0v) is 15.2. The second kappa shape index (κ2) is 9.18. The predicted octanol–water partition coefficient (Wildman–Crippen LogP) is 0.757. The minimum absolute atomic E-state index is 0.145. The van der Waals surface area contributed by atoms with Gasteiger partial charge >= 0.3 is 0 Å². The number of imidazole rings is 1. The molecule has 0 atom stereocenters. The van der Waals surface area contributed by atoms with Crippen LogP contribution in [0.15, 0.2) is 49.8 Å². The van der Waals surface area contributed by atoms with Gasteiger partial charge in [-0.1, -0.05) is 13.2 Å². The fourth-order valence-corrected chi connectivity index (χ4v) is 1.92. The minimum Gasteiger partial charge on any atom is -0.486 e. The van der Waals surface area contributed by atoms with Gasteiger partial charge in [0.1, 0.15) is 23.8 Å². The van der Waals surface area contributed by atoms with Gasteiger partial charge < -0.3 is 24.7 Å². The monoisotopic (exact) mass is 371 g/mol. The lowest BCUT2D eigenvalue weighted by Crippen LogP contribution is -2.36. The van der Waals surface area contributed by atoms with Crippen molar-refractivity contribution in [1.82, 2.24) is 25.2 Å². The maximum Gasteiger partial charge on any atom is 0.286 e. The molecule has 0 fully saturated rings. The lowest BCUT2D eigenvalue weighted by Gasteiger charge is -2.11. The number of hydrogen-bond acceptors (Lipinski definition) is 6. The third kappa shape index (κ3) is 5.99. The van der Waals surface area contributed by atoms with E-state index in [9.17, 15) is 9.59 Å². The fourth-order valence-electron chi connectivity index (χ4n) is 1.92. The number of aryl methyl sites for hydroxylation is 1. The maximum atomic E-state index is 11.8. The van der Waals surface area contributed by atoms with Crippen molar-refractivity contribution in [3.05, 3.63) is 61.2 Å². The first-order valence-corrected chi connectivity index (χ1v) is 7.99. The molecule has 0 unspecified atom stereocenters. The van der Waals surface area contributed by atoms with Gasteiger partial charge in [0, 0.05) is 20.3 Å². The molecule has 0 radical (unpaired) electrons. The molecule has 2 amide bonds. The minimum atomic E-state index is -0.616. The zero-order chi connectivity index (χ0) is 19.8. The van der Waals surface area contributed by atoms with Crippen LogP contribution in [0.5, 0.6) is 5.75 Å². The van der Waals surface area contributed by atoms with Crippen LogP contribution in [-0.2, 0) is 28.0 Å². The van der Waals surface area contributed by atoms with Gasteiger partial charge in [-0.25, -0.2) is 9.97 Å². The first-order chi connectivity index (χ1) is 12.9. The van der Waals surface area contributed by atoms with Crippen LogP contribution < -0.4 is 15.4 Å². The lowest BCUT2D eigenvalue weighted by atomic mass is 10.3. The number of likely N-dealkylation sites (N-methyl/N-ethyl adjacent to an activating group) is 1. The van der Waals surface area contributed by atoms with Crippen molar-refractivity contribution >= 4 is 17.6 Å². The first kappa shape index (κ1) is 19.7. The number of carbonyl (C=O) groups is 2. The van der Waals surface area contributed by atoms with E-state index < -0.39 is 5.91 Å². The van der Waals surface area contributed by atoms with E-state index in [4.69, 9.17) is 9.47 Å². The SMILES string of the molecule is C=C(OC(=C)c1ccc(OCc2cn(C)cn2)cn1)C(=O)NCC(=O)NC. The van der Waals surface area contributed by atoms with Crippen molar-refractivity contribution in [2.24, 2.45) is 7.05 Å². The number of hydrogen-bond donors (Lipinski definition) is 2. The van der Waals surface area contributed by atoms with Gasteiger partial charge in [0.05, 0.1) is 24.8 Å². The number of rotatable bonds is 9. The van der Waals surface area contributed by atoms with Gasteiger partial charge in [-0.2, -0.15) is 0 Å². The quantitative estimate of drug-likeness (QED) is 0.498. The Balaban J connectivity index is 1.84. The van der Waals surface area contributed by atoms with Crippen LogP contribution in [0, 0.1) is 0 Å². The number of aromatic nitrogens is 3. The highest BCUT2D eigenvalue weighted by molar-refractivity contribution is 5.94. The molecule has 2 aromatic rings. The predicted molar refractivity (Wildman–Crippen MR) is 98.1 cm³/mol. The summed E-state index contributed by atoms with van der Waals surface area (Å²) in [5.74, 6) is -0.445. The third-order valence-corrected chi connectivity index (χ3v) is 3.36. The summed E-state index contributed by atoms with van der Waals surface area (Å²) in [4.78, 5) is 31.3. The average molecular weight is 371 g/mol. The van der Waals surface area contributed by atoms with E-state index in [1.54, 1.807) is 18.5 Å². The van der Waals surface area contributed by atoms with Gasteiger partial charge in [-0.3, -0.25) is 9.59 Å². The topological polar surface area (TPSA) is 107 Å². The van der Waals surface area contributed by atoms with Crippen LogP contribution in [0.4, 0.5) is 0 Å². The molecule has 0 saturated carbocycles. The Kier molecular flexibility index (Phi) is 6.70. The first-order valence-electron chi connectivity index (χ1n) is 7.99. The number of ether oxygens (including phenoxy) is 2. The molecule has 0 aliphatic heterocycles. The average Bonchev–Trinajstić information content (AvgIpc) is 3.09. The molecule has 2 aromatic heterocycles. The lowest BCUT2D eigenvalue weighted by molar-refractivity contribution is -0.125. The molecule has 2 heterocycles. The third-order valence-electron chi connectivity index (χ3n) is 3.36. The molecule has 9 nitrogen and oxygen atoms in total. The van der Waals surface area contributed by atoms with Gasteiger partial charge in [0.2, 0.25) is 5.91 Å². The smallest absolute Gasteiger partial charge is 0.286 e. The standard InChI is InChI=1S/C18H21N5O4/c1-12(27-13(2)18(25)21-8-17(24)19-3)16-6-5-15(7-20-16)26-10-14-9-23(4)11-22-14/h5-7,9,11H,1-2,8,10H2,3-4H3,(H,19,24)(H,21,25). The number of carbonyl (C=O) groups excluding carboxylic acids is 2. The van der Waals surface area contributed by atoms with Crippen molar-refractivity contribution in [2.45, 2.75) is 6.61 Å². The summed E-state index contributed by atoms with van der Waals surface area (Å²) in [5.41, 5.74) is 1.22. The molecular weight excluding hydrogens is 350 g/mol. The Morgan fingerprint density at radius 3 is 2.63 bits per heavy atom. The number of nitrogens with one attached hydrogen (secondary N) is 2. The fraction of sp³-hybridized carbons (Fsp3) is 0.222. The maximum absolute atomic E-state index is 11.8. The Morgan fingerprint density at radius 1 is 1.26 bits per heavy atom. The Bertz CT molecular complexity index is 842. The van der Waals surface area contributed by atoms with Gasteiger partial charge in [0.25, 0.3) is 5.91 Å². The van der Waals surface area contributed by atoms with Crippen LogP contribution in [0.25, 0.3) is 5.76 Å². The highest BCUT2D eigenvalue weighted by Crippen LogP contribution is 2.18. The second-order valence-electron chi connectivity index (χ2n) is 5.50. The van der Waals surface area contributed by atoms with Crippen molar-refractivity contribution in [2.75, 3.05) is 13.6 Å². The second-order valence-corrected chi connectivity index (χ2v) is 5.50. The van der Waals surface area contributed by atoms with E-state index in [2.05, 4.69) is 33.8 Å². The van der Waals surface area contributed by atoms with Crippen LogP contribution >= 0.6 is 0 Å². The summed E-state index contributed by atoms with van der Waals surface area (Å²) in [5, 5.41) is 4.75. The zero-order valence-electron chi connectivity index (χ0n) is 15.2. The van der Waals surface area contributed by atoms with E-state index in [-0.39, 0.29) is 24.0 Å². The summed E-state index contributed by atoms with van der Waals surface area (Å²) < 4.78 is 12.7. The highest BCUT2D eigenvalue weighted by atomic mass is 16.5. The molecule has 2 rings (SSSR count). The molecule has 0 saturated heterocycles. The molecule has 27 heavy (non-hydrogen) atoms. The molecule has 0 aromatic carbocycles. The summed E-state index contributed by atoms with van der Waals surface area (Å²) >= 11 is 0. The van der Waals surface area contributed by atoms with Crippen LogP contribution in [0.3, 0.4) is 0 Å². The summed E-state index contributed by atoms with van der Waals surface area (Å²) in [6.07, 6.45) is 5.07. The summed E-state index contributed by atoms with van der Waals surface area (Å²) in [6.45, 7) is 7.39. The van der Waals surface area contributed by atoms with Gasteiger partial charge in [-0.05, 0) is 12.1 Å². The number of amides is 2. The summed E-state index contributed by atoms with van der Waals surface area (Å²) in [7, 11) is 3.35. The molecule has 2 N–H and O–H groups in total. The molecule has 0 aliphatic rings. The largest absolute Gasteiger partial charge is 0.486 e. The molecule has 9 heteroatoms. The number of pyridine rings is 1. The van der Waals surface area contributed by atoms with E-state index in [1.165, 1.54) is 13.2 Å². The highest BCUT2D eigenvalue weighted by Gasteiger charge is 2.13. The van der Waals surface area contributed by atoms with Gasteiger partial charge in [-0.15, -0.1) is 0 Å². The van der Waals surface area contributed by atoms with E-state index in [0.717, 1.165) is 5.69 Å². The van der Waals surface area contributed by atoms with Crippen molar-refractivity contribution in [1.29, 1.82) is 0 Å². The Labute approximate surface area is 156 Å². The molecule has 142 valence electrons. The van der Waals surface area contributed by atoms with Crippen LogP contribution in [0.1, 0.15) is 11.4 Å². The van der Waals surface area contributed by atoms with Gasteiger partial charge in [0.15, 0.2) is 5.76 Å². The van der Waals surface area contributed by atoms with E-state index >= 15 is 0 Å². The van der Waals surface area contributed by atoms with Crippen molar-refractivity contribution < 1.29 is 19.1 Å². The summed E-state index contributed by atoms with van der Waals surface area (Å²) in [6, 6.07) is 3.35. The molecular formula is C18H21N5O4. The Morgan fingerprint density at radius 2 is 2.04 bits per heavy atom. The number of nitrogens with zero attached hydrogens (tertiary/aromatic N) is 3. The van der Waals surface area contributed by atoms with Crippen LogP contribution in [-0.4, -0.2) is 39.9 Å². The van der Waals surface area contributed by atoms with Crippen molar-refractivity contribution in [3.63, 3.8) is 0 Å². The van der Waals surface area contributed by atoms with E-state index in [1.807, 2.05) is 17.8 Å².